The van der Waals surface area contributed by atoms with Crippen LogP contribution in [-0.2, 0) is 0 Å². The van der Waals surface area contributed by atoms with Gasteiger partial charge in [0.05, 0.1) is 12.2 Å². The monoisotopic (exact) mass is 360 g/mol. The van der Waals surface area contributed by atoms with Crippen LogP contribution in [0.25, 0.3) is 0 Å². The molecular weight excluding hydrogens is 340 g/mol. The van der Waals surface area contributed by atoms with E-state index in [9.17, 15) is 9.59 Å². The van der Waals surface area contributed by atoms with Crippen molar-refractivity contribution in [3.8, 4) is 0 Å². The van der Waals surface area contributed by atoms with E-state index in [1.54, 1.807) is 24.3 Å². The topological polar surface area (TPSA) is 78.4 Å². The highest BCUT2D eigenvalue weighted by molar-refractivity contribution is 6.30. The molecule has 0 aromatic heterocycles. The van der Waals surface area contributed by atoms with Crippen molar-refractivity contribution < 1.29 is 14.7 Å². The number of aryl methyl sites for hydroxylation is 1. The number of halogens is 1. The van der Waals surface area contributed by atoms with Gasteiger partial charge in [-0.1, -0.05) is 30.3 Å². The summed E-state index contributed by atoms with van der Waals surface area (Å²) in [7, 11) is 0. The van der Waals surface area contributed by atoms with Gasteiger partial charge in [0.1, 0.15) is 0 Å². The predicted octanol–water partition coefficient (Wildman–Crippen LogP) is 2.19. The molecule has 0 atom stereocenters. The number of aliphatic hydroxyl groups excluding tert-OH is 1. The summed E-state index contributed by atoms with van der Waals surface area (Å²) in [5, 5.41) is 15.1. The van der Waals surface area contributed by atoms with E-state index in [0.29, 0.717) is 47.6 Å². The van der Waals surface area contributed by atoms with Gasteiger partial charge in [0, 0.05) is 42.0 Å². The van der Waals surface area contributed by atoms with E-state index >= 15 is 0 Å². The fraction of sp³-hybridized carbons (Fsp3) is 0.263. The van der Waals surface area contributed by atoms with Crippen LogP contribution in [-0.4, -0.2) is 42.9 Å². The largest absolute Gasteiger partial charge is 0.395 e. The quantitative estimate of drug-likeness (QED) is 0.587. The van der Waals surface area contributed by atoms with Crippen LogP contribution in [0.5, 0.6) is 0 Å². The Kier molecular flexibility index (Phi) is 6.31. The minimum atomic E-state index is -0.116. The first kappa shape index (κ1) is 19.1. The number of benzene rings is 2. The first-order chi connectivity index (χ1) is 11.6. The van der Waals surface area contributed by atoms with Crippen molar-refractivity contribution >= 4 is 29.7 Å². The summed E-state index contributed by atoms with van der Waals surface area (Å²) in [6.45, 7) is 3.72. The van der Waals surface area contributed by atoms with Crippen molar-refractivity contribution in [1.29, 1.82) is 0 Å². The van der Waals surface area contributed by atoms with E-state index in [1.165, 1.54) is 0 Å². The van der Waals surface area contributed by atoms with E-state index in [2.05, 4.69) is 10.6 Å². The number of anilines is 1. The van der Waals surface area contributed by atoms with Crippen LogP contribution in [0.15, 0.2) is 36.4 Å². The number of rotatable bonds is 6. The molecule has 25 heavy (non-hydrogen) atoms. The maximum Gasteiger partial charge on any atom is 0.196 e. The smallest absolute Gasteiger partial charge is 0.196 e. The molecule has 0 aliphatic heterocycles. The third-order valence-electron chi connectivity index (χ3n) is 4.19. The molecule has 5 nitrogen and oxygen atoms in total. The number of ketones is 2. The molecule has 0 fully saturated rings. The van der Waals surface area contributed by atoms with E-state index in [0.717, 1.165) is 5.56 Å². The Hall–Kier alpha value is -2.21. The second-order valence-corrected chi connectivity index (χ2v) is 5.78. The zero-order valence-electron chi connectivity index (χ0n) is 14.0. The fourth-order valence-electron chi connectivity index (χ4n) is 3.02. The molecular formula is C19H21ClN2O3. The van der Waals surface area contributed by atoms with Crippen LogP contribution in [0.4, 0.5) is 5.69 Å². The number of aliphatic hydroxyl groups is 1. The Labute approximate surface area is 152 Å². The molecule has 2 aromatic carbocycles. The number of hydrogen-bond acceptors (Lipinski definition) is 5. The van der Waals surface area contributed by atoms with Crippen molar-refractivity contribution in [3.63, 3.8) is 0 Å². The average molecular weight is 361 g/mol. The maximum absolute atomic E-state index is 12.9. The predicted molar refractivity (Wildman–Crippen MR) is 100 cm³/mol. The van der Waals surface area contributed by atoms with Crippen LogP contribution in [0.3, 0.4) is 0 Å². The van der Waals surface area contributed by atoms with Crippen molar-refractivity contribution in [2.75, 3.05) is 31.6 Å². The number of hydrogen-bond donors (Lipinski definition) is 3. The summed E-state index contributed by atoms with van der Waals surface area (Å²) < 4.78 is 0. The number of carbonyl (C=O) groups excluding carboxylic acids is 2. The van der Waals surface area contributed by atoms with Crippen LogP contribution in [0, 0.1) is 6.92 Å². The van der Waals surface area contributed by atoms with E-state index in [-0.39, 0.29) is 30.6 Å². The van der Waals surface area contributed by atoms with Gasteiger partial charge in [-0.05, 0) is 18.6 Å². The number of nitrogens with one attached hydrogen (secondary N) is 2. The first-order valence-corrected chi connectivity index (χ1v) is 8.02. The molecule has 3 N–H and O–H groups in total. The number of carbonyl (C=O) groups is 2. The van der Waals surface area contributed by atoms with Crippen molar-refractivity contribution in [3.05, 3.63) is 64.2 Å². The van der Waals surface area contributed by atoms with Crippen molar-refractivity contribution in [2.24, 2.45) is 0 Å². The normalized spacial score (nSPS) is 12.2. The third-order valence-corrected chi connectivity index (χ3v) is 4.19. The molecule has 0 radical (unpaired) electrons. The highest BCUT2D eigenvalue weighted by Crippen LogP contribution is 2.33. The van der Waals surface area contributed by atoms with Crippen LogP contribution >= 0.6 is 12.4 Å². The van der Waals surface area contributed by atoms with Gasteiger partial charge in [-0.3, -0.25) is 9.59 Å². The molecule has 3 rings (SSSR count). The fourth-order valence-corrected chi connectivity index (χ4v) is 3.02. The van der Waals surface area contributed by atoms with Gasteiger partial charge in [0.15, 0.2) is 11.6 Å². The lowest BCUT2D eigenvalue weighted by Crippen LogP contribution is -2.27. The minimum Gasteiger partial charge on any atom is -0.395 e. The molecule has 1 aliphatic carbocycles. The average Bonchev–Trinajstić information content (AvgIpc) is 2.60. The molecule has 0 saturated carbocycles. The maximum atomic E-state index is 12.9. The molecule has 6 heteroatoms. The van der Waals surface area contributed by atoms with E-state index in [1.807, 2.05) is 19.1 Å². The lowest BCUT2D eigenvalue weighted by atomic mass is 9.81. The molecule has 0 amide bonds. The van der Waals surface area contributed by atoms with Crippen LogP contribution in [0.2, 0.25) is 0 Å². The van der Waals surface area contributed by atoms with Gasteiger partial charge in [0.25, 0.3) is 0 Å². The first-order valence-electron chi connectivity index (χ1n) is 8.02. The van der Waals surface area contributed by atoms with Crippen molar-refractivity contribution in [1.82, 2.24) is 5.32 Å². The van der Waals surface area contributed by atoms with Gasteiger partial charge in [0.2, 0.25) is 0 Å². The second-order valence-electron chi connectivity index (χ2n) is 5.78. The minimum absolute atomic E-state index is 0. The summed E-state index contributed by atoms with van der Waals surface area (Å²) in [6.07, 6.45) is 0. The molecule has 1 aliphatic rings. The van der Waals surface area contributed by atoms with Gasteiger partial charge >= 0.3 is 0 Å². The highest BCUT2D eigenvalue weighted by atomic mass is 35.5. The Morgan fingerprint density at radius 1 is 0.880 bits per heavy atom. The summed E-state index contributed by atoms with van der Waals surface area (Å²) in [5.74, 6) is -0.213. The highest BCUT2D eigenvalue weighted by Gasteiger charge is 2.32. The molecule has 2 aromatic rings. The third kappa shape index (κ3) is 3.58. The summed E-state index contributed by atoms with van der Waals surface area (Å²) in [4.78, 5) is 25.7. The lowest BCUT2D eigenvalue weighted by molar-refractivity contribution is 0.0979. The van der Waals surface area contributed by atoms with Crippen LogP contribution in [0.1, 0.15) is 37.4 Å². The Morgan fingerprint density at radius 3 is 2.16 bits per heavy atom. The van der Waals surface area contributed by atoms with Gasteiger partial charge in [-0.25, -0.2) is 0 Å². The second kappa shape index (κ2) is 8.25. The number of fused-ring (bicyclic) bond motifs is 2. The Bertz CT molecular complexity index is 805. The molecule has 0 spiro atoms. The van der Waals surface area contributed by atoms with Crippen molar-refractivity contribution in [2.45, 2.75) is 6.92 Å². The SMILES string of the molecule is Cc1ccc(NCCNCCO)c2c1C(=O)c1ccccc1C2=O.Cl. The lowest BCUT2D eigenvalue weighted by Gasteiger charge is -2.22. The zero-order valence-corrected chi connectivity index (χ0v) is 14.8. The molecule has 0 bridgehead atoms. The van der Waals surface area contributed by atoms with Gasteiger partial charge in [-0.2, -0.15) is 0 Å². The summed E-state index contributed by atoms with van der Waals surface area (Å²) in [5.41, 5.74) is 3.37. The molecule has 0 heterocycles. The Balaban J connectivity index is 0.00000225. The molecule has 0 saturated heterocycles. The zero-order chi connectivity index (χ0) is 17.1. The summed E-state index contributed by atoms with van der Waals surface area (Å²) in [6, 6.07) is 10.7. The van der Waals surface area contributed by atoms with E-state index in [4.69, 9.17) is 5.11 Å². The molecule has 0 unspecified atom stereocenters. The van der Waals surface area contributed by atoms with E-state index < -0.39 is 0 Å². The summed E-state index contributed by atoms with van der Waals surface area (Å²) >= 11 is 0. The Morgan fingerprint density at radius 2 is 1.52 bits per heavy atom. The van der Waals surface area contributed by atoms with Gasteiger partial charge in [-0.15, -0.1) is 12.4 Å². The standard InChI is InChI=1S/C19H20N2O3.ClH/c1-12-6-7-15(21-9-8-20-10-11-22)17-16(12)18(23)13-4-2-3-5-14(13)19(17)24;/h2-7,20-22H,8-11H2,1H3;1H. The van der Waals surface area contributed by atoms with Crippen LogP contribution < -0.4 is 10.6 Å². The van der Waals surface area contributed by atoms with Gasteiger partial charge < -0.3 is 15.7 Å². The molecule has 132 valence electrons.